The molecule has 0 aromatic heterocycles. The first-order valence-corrected chi connectivity index (χ1v) is 8.04. The van der Waals surface area contributed by atoms with E-state index in [9.17, 15) is 13.3 Å². The van der Waals surface area contributed by atoms with E-state index in [1.165, 1.54) is 26.0 Å². The van der Waals surface area contributed by atoms with Crippen LogP contribution in [0.2, 0.25) is 0 Å². The van der Waals surface area contributed by atoms with E-state index in [0.717, 1.165) is 3.57 Å². The Kier molecular flexibility index (Phi) is 5.55. The summed E-state index contributed by atoms with van der Waals surface area (Å²) in [5.74, 6) is 0.111. The molecule has 0 N–H and O–H groups in total. The van der Waals surface area contributed by atoms with E-state index in [1.54, 1.807) is 12.1 Å². The molecule has 18 heavy (non-hydrogen) atoms. The second-order valence-electron chi connectivity index (χ2n) is 3.48. The number of halogens is 3. The average molecular weight is 390 g/mol. The third kappa shape index (κ3) is 3.65. The summed E-state index contributed by atoms with van der Waals surface area (Å²) < 4.78 is 50.0. The molecule has 0 spiro atoms. The zero-order valence-electron chi connectivity index (χ0n) is 10.0. The molecule has 0 fully saturated rings. The Morgan fingerprint density at radius 1 is 1.28 bits per heavy atom. The maximum atomic E-state index is 13.6. The monoisotopic (exact) mass is 390 g/mol. The molecule has 0 bridgehead atoms. The zero-order valence-corrected chi connectivity index (χ0v) is 13.1. The van der Waals surface area contributed by atoms with Crippen LogP contribution in [-0.4, -0.2) is 12.3 Å². The quantitative estimate of drug-likeness (QED) is 0.512. The van der Waals surface area contributed by atoms with Gasteiger partial charge >= 0.3 is 13.3 Å². The molecule has 7 heteroatoms. The first kappa shape index (κ1) is 15.9. The predicted molar refractivity (Wildman–Crippen MR) is 74.3 cm³/mol. The van der Waals surface area contributed by atoms with Gasteiger partial charge in [0.05, 0.1) is 6.61 Å². The van der Waals surface area contributed by atoms with E-state index in [2.05, 4.69) is 22.6 Å². The number of hydrogen-bond acceptors (Lipinski definition) is 3. The fourth-order valence-corrected chi connectivity index (χ4v) is 3.05. The van der Waals surface area contributed by atoms with Gasteiger partial charge in [-0.1, -0.05) is 6.92 Å². The first-order valence-electron chi connectivity index (χ1n) is 5.42. The number of hydrogen-bond donors (Lipinski definition) is 0. The van der Waals surface area contributed by atoms with Crippen LogP contribution >= 0.6 is 30.2 Å². The van der Waals surface area contributed by atoms with Crippen LogP contribution in [0.1, 0.15) is 20.3 Å². The van der Waals surface area contributed by atoms with Crippen molar-refractivity contribution in [1.82, 2.24) is 0 Å². The molecule has 1 aromatic carbocycles. The molecule has 0 saturated heterocycles. The summed E-state index contributed by atoms with van der Waals surface area (Å²) in [6.45, 7) is 2.63. The molecule has 0 aliphatic rings. The fourth-order valence-electron chi connectivity index (χ4n) is 1.19. The van der Waals surface area contributed by atoms with E-state index >= 15 is 0 Å². The molecule has 0 aliphatic carbocycles. The van der Waals surface area contributed by atoms with Crippen molar-refractivity contribution in [3.8, 4) is 5.75 Å². The number of benzene rings is 1. The first-order chi connectivity index (χ1) is 8.34. The van der Waals surface area contributed by atoms with Gasteiger partial charge in [0, 0.05) is 9.99 Å². The topological polar surface area (TPSA) is 35.5 Å². The van der Waals surface area contributed by atoms with Crippen molar-refractivity contribution in [1.29, 1.82) is 0 Å². The summed E-state index contributed by atoms with van der Waals surface area (Å²) in [6, 6.07) is 6.32. The Labute approximate surface area is 119 Å². The zero-order chi connectivity index (χ0) is 13.8. The third-order valence-electron chi connectivity index (χ3n) is 2.16. The highest BCUT2D eigenvalue weighted by Crippen LogP contribution is 2.62. The minimum atomic E-state index is -4.50. The standard InChI is InChI=1S/C11H14F2IO3P/c1-3-11(12,13)18(15,16-4-2)17-10-7-5-9(14)6-8-10/h5-8H,3-4H2,1-2H3. The van der Waals surface area contributed by atoms with E-state index in [1.807, 2.05) is 0 Å². The van der Waals surface area contributed by atoms with E-state index < -0.39 is 19.7 Å². The van der Waals surface area contributed by atoms with Crippen molar-refractivity contribution in [2.24, 2.45) is 0 Å². The minimum Gasteiger partial charge on any atom is -0.421 e. The summed E-state index contributed by atoms with van der Waals surface area (Å²) in [7, 11) is -4.50. The molecular formula is C11H14F2IO3P. The highest BCUT2D eigenvalue weighted by atomic mass is 127. The van der Waals surface area contributed by atoms with Crippen LogP contribution in [0, 0.1) is 3.57 Å². The lowest BCUT2D eigenvalue weighted by Gasteiger charge is -2.25. The van der Waals surface area contributed by atoms with Crippen LogP contribution in [-0.2, 0) is 9.09 Å². The molecule has 0 radical (unpaired) electrons. The van der Waals surface area contributed by atoms with Gasteiger partial charge in [0.1, 0.15) is 5.75 Å². The number of alkyl halides is 2. The van der Waals surface area contributed by atoms with Gasteiger partial charge in [0.2, 0.25) is 0 Å². The van der Waals surface area contributed by atoms with E-state index in [-0.39, 0.29) is 12.4 Å². The normalized spacial score (nSPS) is 15.2. The molecule has 0 aliphatic heterocycles. The lowest BCUT2D eigenvalue weighted by molar-refractivity contribution is 0.0484. The molecule has 0 heterocycles. The Hall–Kier alpha value is -0.200. The fraction of sp³-hybridized carbons (Fsp3) is 0.455. The van der Waals surface area contributed by atoms with Crippen molar-refractivity contribution >= 4 is 30.2 Å². The molecule has 1 unspecified atom stereocenters. The van der Waals surface area contributed by atoms with Crippen molar-refractivity contribution < 1.29 is 22.4 Å². The molecule has 1 rings (SSSR count). The van der Waals surface area contributed by atoms with Gasteiger partial charge in [-0.25, -0.2) is 4.57 Å². The minimum absolute atomic E-state index is 0.1000. The lowest BCUT2D eigenvalue weighted by atomic mass is 10.3. The van der Waals surface area contributed by atoms with Crippen LogP contribution in [0.4, 0.5) is 8.78 Å². The number of rotatable bonds is 6. The van der Waals surface area contributed by atoms with E-state index in [0.29, 0.717) is 0 Å². The summed E-state index contributed by atoms with van der Waals surface area (Å²) in [5.41, 5.74) is -3.49. The van der Waals surface area contributed by atoms with Crippen LogP contribution in [0.15, 0.2) is 24.3 Å². The molecule has 1 atom stereocenters. The van der Waals surface area contributed by atoms with Crippen LogP contribution in [0.25, 0.3) is 0 Å². The van der Waals surface area contributed by atoms with Gasteiger partial charge in [0.25, 0.3) is 0 Å². The highest BCUT2D eigenvalue weighted by Gasteiger charge is 2.53. The van der Waals surface area contributed by atoms with Gasteiger partial charge in [0.15, 0.2) is 0 Å². The van der Waals surface area contributed by atoms with Crippen LogP contribution < -0.4 is 4.52 Å². The molecule has 1 aromatic rings. The van der Waals surface area contributed by atoms with Gasteiger partial charge < -0.3 is 4.52 Å². The predicted octanol–water partition coefficient (Wildman–Crippen LogP) is 4.90. The Bertz CT molecular complexity index is 436. The maximum Gasteiger partial charge on any atom is 0.448 e. The second kappa shape index (κ2) is 6.30. The van der Waals surface area contributed by atoms with Crippen molar-refractivity contribution in [3.05, 3.63) is 27.8 Å². The summed E-state index contributed by atoms with van der Waals surface area (Å²) >= 11 is 2.07. The van der Waals surface area contributed by atoms with Gasteiger partial charge in [-0.15, -0.1) is 0 Å². The van der Waals surface area contributed by atoms with Crippen LogP contribution in [0.3, 0.4) is 0 Å². The summed E-state index contributed by atoms with van der Waals surface area (Å²) in [5, 5.41) is 0. The molecule has 0 amide bonds. The smallest absolute Gasteiger partial charge is 0.421 e. The largest absolute Gasteiger partial charge is 0.448 e. The molecule has 102 valence electrons. The van der Waals surface area contributed by atoms with Gasteiger partial charge in [-0.3, -0.25) is 4.52 Å². The van der Waals surface area contributed by atoms with Crippen molar-refractivity contribution in [3.63, 3.8) is 0 Å². The Morgan fingerprint density at radius 3 is 2.28 bits per heavy atom. The van der Waals surface area contributed by atoms with E-state index in [4.69, 9.17) is 9.05 Å². The van der Waals surface area contributed by atoms with Crippen molar-refractivity contribution in [2.75, 3.05) is 6.61 Å². The molecule has 0 saturated carbocycles. The molecular weight excluding hydrogens is 376 g/mol. The highest BCUT2D eigenvalue weighted by molar-refractivity contribution is 14.1. The van der Waals surface area contributed by atoms with Crippen molar-refractivity contribution in [2.45, 2.75) is 25.9 Å². The SMILES string of the molecule is CCOP(=O)(Oc1ccc(I)cc1)C(F)(F)CC. The lowest BCUT2D eigenvalue weighted by Crippen LogP contribution is -2.20. The summed E-state index contributed by atoms with van der Waals surface area (Å²) in [6.07, 6.45) is -0.603. The Morgan fingerprint density at radius 2 is 1.83 bits per heavy atom. The third-order valence-corrected chi connectivity index (χ3v) is 5.05. The average Bonchev–Trinajstić information content (AvgIpc) is 2.32. The maximum absolute atomic E-state index is 13.6. The summed E-state index contributed by atoms with van der Waals surface area (Å²) in [4.78, 5) is 0. The van der Waals surface area contributed by atoms with Gasteiger partial charge in [-0.2, -0.15) is 8.78 Å². The Balaban J connectivity index is 3.00. The van der Waals surface area contributed by atoms with Gasteiger partial charge in [-0.05, 0) is 53.8 Å². The second-order valence-corrected chi connectivity index (χ2v) is 6.82. The van der Waals surface area contributed by atoms with Crippen LogP contribution in [0.5, 0.6) is 5.75 Å². The molecule has 3 nitrogen and oxygen atoms in total.